The van der Waals surface area contributed by atoms with Crippen LogP contribution in [0, 0.1) is 23.7 Å². The Hall–Kier alpha value is -3.81. The first-order chi connectivity index (χ1) is 21.3. The Balaban J connectivity index is 1.29. The summed E-state index contributed by atoms with van der Waals surface area (Å²) in [4.78, 5) is 38.0. The molecular weight excluding hydrogens is 617 g/mol. The number of sulfone groups is 1. The van der Waals surface area contributed by atoms with E-state index in [9.17, 15) is 36.0 Å². The molecule has 4 unspecified atom stereocenters. The van der Waals surface area contributed by atoms with Crippen molar-refractivity contribution in [2.75, 3.05) is 19.5 Å². The Bertz CT molecular complexity index is 1560. The van der Waals surface area contributed by atoms with Crippen LogP contribution in [0.5, 0.6) is 11.5 Å². The van der Waals surface area contributed by atoms with Gasteiger partial charge >= 0.3 is 11.5 Å². The van der Waals surface area contributed by atoms with Crippen molar-refractivity contribution in [3.8, 4) is 11.5 Å². The van der Waals surface area contributed by atoms with Crippen molar-refractivity contribution in [1.82, 2.24) is 5.32 Å². The maximum absolute atomic E-state index is 13.6. The molecule has 2 bridgehead atoms. The molecule has 2 amide bonds. The van der Waals surface area contributed by atoms with Gasteiger partial charge in [-0.3, -0.25) is 14.4 Å². The molecule has 0 heterocycles. The van der Waals surface area contributed by atoms with E-state index in [0.29, 0.717) is 43.6 Å². The number of hydrogen-bond donors (Lipinski definition) is 2. The van der Waals surface area contributed by atoms with Gasteiger partial charge in [0.25, 0.3) is 15.7 Å². The standard InChI is InChI=1S/C31H35F3N2O8S/c1-42-25-13-12-22(44-21-10-8-17(9-11-21)30(39)43-2)16-24(25)28(37)36-27-19-7-6-18(14-19)26(27)29(38)35-20-4-3-5-23(15-20)45(40,41)31(32,33)34/h3-5,12-13,15-19,21,26-27H,6-11,14H2,1-2H3,(H,35,38)(H,36,37). The lowest BCUT2D eigenvalue weighted by Gasteiger charge is -2.31. The summed E-state index contributed by atoms with van der Waals surface area (Å²) in [7, 11) is -2.79. The molecule has 244 valence electrons. The van der Waals surface area contributed by atoms with Gasteiger partial charge in [-0.1, -0.05) is 6.07 Å². The van der Waals surface area contributed by atoms with Crippen LogP contribution >= 0.6 is 0 Å². The number of amides is 2. The van der Waals surface area contributed by atoms with Crippen LogP contribution in [0.1, 0.15) is 55.3 Å². The molecule has 2 aromatic rings. The van der Waals surface area contributed by atoms with Crippen LogP contribution in [0.2, 0.25) is 0 Å². The van der Waals surface area contributed by atoms with E-state index >= 15 is 0 Å². The third kappa shape index (κ3) is 6.75. The van der Waals surface area contributed by atoms with Crippen LogP contribution in [0.25, 0.3) is 0 Å². The van der Waals surface area contributed by atoms with Crippen LogP contribution in [0.15, 0.2) is 47.4 Å². The molecule has 0 radical (unpaired) electrons. The number of hydrogen-bond acceptors (Lipinski definition) is 8. The highest BCUT2D eigenvalue weighted by atomic mass is 32.2. The number of esters is 1. The van der Waals surface area contributed by atoms with Crippen molar-refractivity contribution in [2.24, 2.45) is 23.7 Å². The van der Waals surface area contributed by atoms with Gasteiger partial charge in [0.15, 0.2) is 0 Å². The summed E-state index contributed by atoms with van der Waals surface area (Å²) < 4.78 is 79.4. The monoisotopic (exact) mass is 652 g/mol. The fourth-order valence-corrected chi connectivity index (χ4v) is 7.73. The van der Waals surface area contributed by atoms with Crippen molar-refractivity contribution in [2.45, 2.75) is 67.5 Å². The molecule has 10 nitrogen and oxygen atoms in total. The zero-order chi connectivity index (χ0) is 32.5. The number of carbonyl (C=O) groups is 3. The first-order valence-corrected chi connectivity index (χ1v) is 16.3. The molecule has 0 aliphatic heterocycles. The summed E-state index contributed by atoms with van der Waals surface area (Å²) in [6.07, 6.45) is 4.68. The number of alkyl halides is 3. The van der Waals surface area contributed by atoms with Crippen molar-refractivity contribution < 1.29 is 50.2 Å². The Morgan fingerprint density at radius 2 is 1.62 bits per heavy atom. The van der Waals surface area contributed by atoms with Crippen molar-refractivity contribution in [3.63, 3.8) is 0 Å². The molecule has 3 aliphatic rings. The lowest BCUT2D eigenvalue weighted by Crippen LogP contribution is -2.48. The van der Waals surface area contributed by atoms with Crippen LogP contribution < -0.4 is 20.1 Å². The number of anilines is 1. The van der Waals surface area contributed by atoms with E-state index in [1.165, 1.54) is 20.3 Å². The van der Waals surface area contributed by atoms with Gasteiger partial charge in [0.2, 0.25) is 5.91 Å². The topological polar surface area (TPSA) is 137 Å². The van der Waals surface area contributed by atoms with E-state index in [1.54, 1.807) is 18.2 Å². The zero-order valence-corrected chi connectivity index (χ0v) is 25.6. The molecule has 2 N–H and O–H groups in total. The molecule has 2 aromatic carbocycles. The number of fused-ring (bicyclic) bond motifs is 2. The van der Waals surface area contributed by atoms with Crippen LogP contribution in [0.3, 0.4) is 0 Å². The number of benzene rings is 2. The second-order valence-electron chi connectivity index (χ2n) is 11.8. The average molecular weight is 653 g/mol. The third-order valence-electron chi connectivity index (χ3n) is 9.16. The maximum Gasteiger partial charge on any atom is 0.501 e. The SMILES string of the molecule is COC(=O)C1CCC(Oc2ccc(OC)c(C(=O)NC3C4CCC(C4)C3C(=O)Nc3cccc(S(=O)(=O)C(F)(F)F)c3)c2)CC1. The highest BCUT2D eigenvalue weighted by Gasteiger charge is 2.52. The number of ether oxygens (including phenoxy) is 3. The average Bonchev–Trinajstić information content (AvgIpc) is 3.63. The smallest absolute Gasteiger partial charge is 0.496 e. The Morgan fingerprint density at radius 3 is 2.29 bits per heavy atom. The van der Waals surface area contributed by atoms with E-state index in [-0.39, 0.29) is 41.1 Å². The van der Waals surface area contributed by atoms with Gasteiger partial charge in [-0.25, -0.2) is 8.42 Å². The number of rotatable bonds is 9. The quantitative estimate of drug-likeness (QED) is 0.366. The molecule has 4 atom stereocenters. The Kier molecular flexibility index (Phi) is 9.33. The van der Waals surface area contributed by atoms with Crippen LogP contribution in [-0.2, 0) is 24.2 Å². The predicted molar refractivity (Wildman–Crippen MR) is 155 cm³/mol. The second-order valence-corrected chi connectivity index (χ2v) is 13.7. The number of halogens is 3. The van der Waals surface area contributed by atoms with Crippen LogP contribution in [-0.4, -0.2) is 58.1 Å². The van der Waals surface area contributed by atoms with E-state index in [1.807, 2.05) is 0 Å². The minimum atomic E-state index is -5.60. The fraction of sp³-hybridized carbons (Fsp3) is 0.516. The van der Waals surface area contributed by atoms with Crippen molar-refractivity contribution >= 4 is 33.3 Å². The number of nitrogens with one attached hydrogen (secondary N) is 2. The number of carbonyl (C=O) groups excluding carboxylic acids is 3. The molecule has 45 heavy (non-hydrogen) atoms. The van der Waals surface area contributed by atoms with Gasteiger partial charge in [0, 0.05) is 11.7 Å². The minimum Gasteiger partial charge on any atom is -0.496 e. The van der Waals surface area contributed by atoms with Gasteiger partial charge in [0.1, 0.15) is 11.5 Å². The third-order valence-corrected chi connectivity index (χ3v) is 10.6. The van der Waals surface area contributed by atoms with E-state index in [0.717, 1.165) is 31.0 Å². The summed E-state index contributed by atoms with van der Waals surface area (Å²) in [5, 5.41) is 5.57. The Morgan fingerprint density at radius 1 is 0.911 bits per heavy atom. The summed E-state index contributed by atoms with van der Waals surface area (Å²) in [5.41, 5.74) is -5.36. The van der Waals surface area contributed by atoms with Crippen LogP contribution in [0.4, 0.5) is 18.9 Å². The van der Waals surface area contributed by atoms with E-state index in [2.05, 4.69) is 10.6 Å². The molecule has 3 saturated carbocycles. The number of methoxy groups -OCH3 is 2. The van der Waals surface area contributed by atoms with E-state index in [4.69, 9.17) is 14.2 Å². The molecule has 3 fully saturated rings. The van der Waals surface area contributed by atoms with Gasteiger partial charge < -0.3 is 24.8 Å². The van der Waals surface area contributed by atoms with Gasteiger partial charge in [-0.15, -0.1) is 0 Å². The molecular formula is C31H35F3N2O8S. The zero-order valence-electron chi connectivity index (χ0n) is 24.8. The minimum absolute atomic E-state index is 0.0158. The molecule has 14 heteroatoms. The fourth-order valence-electron chi connectivity index (χ4n) is 6.92. The first kappa shape index (κ1) is 32.6. The summed E-state index contributed by atoms with van der Waals surface area (Å²) in [5.74, 6) is -1.32. The molecule has 3 aliphatic carbocycles. The summed E-state index contributed by atoms with van der Waals surface area (Å²) in [6, 6.07) is 8.38. The lowest BCUT2D eigenvalue weighted by molar-refractivity contribution is -0.147. The second kappa shape index (κ2) is 12.9. The van der Waals surface area contributed by atoms with E-state index < -0.39 is 44.0 Å². The predicted octanol–water partition coefficient (Wildman–Crippen LogP) is 4.88. The highest BCUT2D eigenvalue weighted by molar-refractivity contribution is 7.92. The van der Waals surface area contributed by atoms with Gasteiger partial charge in [-0.2, -0.15) is 13.2 Å². The van der Waals surface area contributed by atoms with Gasteiger partial charge in [0.05, 0.1) is 42.6 Å². The van der Waals surface area contributed by atoms with Crippen molar-refractivity contribution in [3.05, 3.63) is 48.0 Å². The Labute approximate surface area is 258 Å². The first-order valence-electron chi connectivity index (χ1n) is 14.8. The van der Waals surface area contributed by atoms with Crippen molar-refractivity contribution in [1.29, 1.82) is 0 Å². The summed E-state index contributed by atoms with van der Waals surface area (Å²) in [6.45, 7) is 0. The van der Waals surface area contributed by atoms with Gasteiger partial charge in [-0.05, 0) is 93.2 Å². The summed E-state index contributed by atoms with van der Waals surface area (Å²) >= 11 is 0. The molecule has 0 aromatic heterocycles. The highest BCUT2D eigenvalue weighted by Crippen LogP contribution is 2.49. The lowest BCUT2D eigenvalue weighted by atomic mass is 9.83. The molecule has 0 spiro atoms. The maximum atomic E-state index is 13.6. The normalized spacial score (nSPS) is 26.2. The largest absolute Gasteiger partial charge is 0.501 e. The molecule has 0 saturated heterocycles. The molecule has 5 rings (SSSR count).